The van der Waals surface area contributed by atoms with Crippen LogP contribution in [0.4, 0.5) is 0 Å². The van der Waals surface area contributed by atoms with Gasteiger partial charge >= 0.3 is 0 Å². The van der Waals surface area contributed by atoms with E-state index in [2.05, 4.69) is 9.97 Å². The Balaban J connectivity index is 2.25. The van der Waals surface area contributed by atoms with Gasteiger partial charge in [0.15, 0.2) is 0 Å². The Morgan fingerprint density at radius 1 is 1.44 bits per heavy atom. The van der Waals surface area contributed by atoms with E-state index in [1.165, 1.54) is 4.40 Å². The van der Waals surface area contributed by atoms with Crippen LogP contribution in [0.3, 0.4) is 0 Å². The Kier molecular flexibility index (Phi) is 2.59. The molecule has 0 radical (unpaired) electrons. The predicted octanol–water partition coefficient (Wildman–Crippen LogP) is 1.62. The van der Waals surface area contributed by atoms with Crippen LogP contribution < -0.4 is 5.56 Å². The smallest absolute Gasteiger partial charge is 0.266 e. The highest BCUT2D eigenvalue weighted by Crippen LogP contribution is 2.29. The number of rotatable bonds is 1. The van der Waals surface area contributed by atoms with Crippen LogP contribution in [0.2, 0.25) is 0 Å². The third-order valence-corrected chi connectivity index (χ3v) is 3.25. The fourth-order valence-corrected chi connectivity index (χ4v) is 2.36. The zero-order valence-corrected chi connectivity index (χ0v) is 9.78. The van der Waals surface area contributed by atoms with E-state index in [4.69, 9.17) is 0 Å². The Morgan fingerprint density at radius 3 is 3.11 bits per heavy atom. The largest absolute Gasteiger partial charge is 0.493 e. The molecule has 1 aliphatic rings. The summed E-state index contributed by atoms with van der Waals surface area (Å²) in [4.78, 5) is 20.3. The molecule has 0 spiro atoms. The lowest BCUT2D eigenvalue weighted by molar-refractivity contribution is 0.437. The molecular formula is C13H13N3O2. The molecular weight excluding hydrogens is 230 g/mol. The minimum atomic E-state index is -0.234. The average Bonchev–Trinajstić information content (AvgIpc) is 2.40. The van der Waals surface area contributed by atoms with Crippen LogP contribution in [-0.4, -0.2) is 19.5 Å². The van der Waals surface area contributed by atoms with Crippen molar-refractivity contribution in [3.05, 3.63) is 46.5 Å². The Labute approximate surface area is 103 Å². The number of nitrogens with zero attached hydrogens (tertiary/aromatic N) is 3. The quantitative estimate of drug-likeness (QED) is 0.773. The van der Waals surface area contributed by atoms with Gasteiger partial charge in [-0.1, -0.05) is 12.2 Å². The van der Waals surface area contributed by atoms with Crippen LogP contribution in [0.5, 0.6) is 5.88 Å². The Morgan fingerprint density at radius 2 is 2.33 bits per heavy atom. The highest BCUT2D eigenvalue weighted by Gasteiger charge is 2.21. The fourth-order valence-electron chi connectivity index (χ4n) is 2.36. The number of aromatic nitrogens is 3. The maximum absolute atomic E-state index is 12.3. The van der Waals surface area contributed by atoms with Gasteiger partial charge in [-0.05, 0) is 25.3 Å². The van der Waals surface area contributed by atoms with Crippen molar-refractivity contribution < 1.29 is 5.11 Å². The molecule has 1 N–H and O–H groups in total. The lowest BCUT2D eigenvalue weighted by atomic mass is 9.90. The average molecular weight is 243 g/mol. The second-order valence-electron chi connectivity index (χ2n) is 4.41. The number of allylic oxidation sites excluding steroid dienone is 2. The summed E-state index contributed by atoms with van der Waals surface area (Å²) in [5.74, 6) is -0.0188. The van der Waals surface area contributed by atoms with Gasteiger partial charge < -0.3 is 5.11 Å². The van der Waals surface area contributed by atoms with Gasteiger partial charge in [0.2, 0.25) is 11.7 Å². The number of hydrogen-bond donors (Lipinski definition) is 1. The maximum atomic E-state index is 12.3. The second-order valence-corrected chi connectivity index (χ2v) is 4.41. The molecule has 0 saturated heterocycles. The first-order valence-corrected chi connectivity index (χ1v) is 6.00. The molecule has 5 heteroatoms. The zero-order chi connectivity index (χ0) is 12.5. The van der Waals surface area contributed by atoms with E-state index in [-0.39, 0.29) is 23.1 Å². The minimum absolute atomic E-state index is 0.0455. The van der Waals surface area contributed by atoms with Gasteiger partial charge in [-0.3, -0.25) is 9.20 Å². The summed E-state index contributed by atoms with van der Waals surface area (Å²) in [5.41, 5.74) is 0.138. The second kappa shape index (κ2) is 4.25. The van der Waals surface area contributed by atoms with Crippen molar-refractivity contribution in [2.75, 3.05) is 0 Å². The van der Waals surface area contributed by atoms with Crippen molar-refractivity contribution in [2.24, 2.45) is 0 Å². The number of hydrogen-bond acceptors (Lipinski definition) is 4. The number of fused-ring (bicyclic) bond motifs is 1. The first kappa shape index (κ1) is 11.0. The van der Waals surface area contributed by atoms with Crippen molar-refractivity contribution in [2.45, 2.75) is 25.2 Å². The molecule has 2 aromatic heterocycles. The SMILES string of the molecule is O=c1c(C2C=CCCC2)c(O)nc2ncccn12. The van der Waals surface area contributed by atoms with E-state index >= 15 is 0 Å². The van der Waals surface area contributed by atoms with Crippen molar-refractivity contribution in [1.29, 1.82) is 0 Å². The first-order valence-electron chi connectivity index (χ1n) is 6.00. The van der Waals surface area contributed by atoms with Crippen LogP contribution in [0.25, 0.3) is 5.78 Å². The van der Waals surface area contributed by atoms with Gasteiger partial charge in [-0.25, -0.2) is 4.98 Å². The molecule has 5 nitrogen and oxygen atoms in total. The molecule has 0 amide bonds. The Bertz CT molecular complexity index is 675. The third-order valence-electron chi connectivity index (χ3n) is 3.25. The van der Waals surface area contributed by atoms with E-state index in [9.17, 15) is 9.90 Å². The molecule has 0 aromatic carbocycles. The molecule has 3 rings (SSSR count). The number of aromatic hydroxyl groups is 1. The predicted molar refractivity (Wildman–Crippen MR) is 66.7 cm³/mol. The summed E-state index contributed by atoms with van der Waals surface area (Å²) < 4.78 is 1.37. The topological polar surface area (TPSA) is 67.5 Å². The molecule has 1 aliphatic carbocycles. The monoisotopic (exact) mass is 243 g/mol. The van der Waals surface area contributed by atoms with Crippen LogP contribution in [0.15, 0.2) is 35.4 Å². The molecule has 2 heterocycles. The molecule has 0 bridgehead atoms. The van der Waals surface area contributed by atoms with Gasteiger partial charge in [-0.15, -0.1) is 0 Å². The van der Waals surface area contributed by atoms with E-state index in [1.807, 2.05) is 12.2 Å². The Hall–Kier alpha value is -2.17. The summed E-state index contributed by atoms with van der Waals surface area (Å²) in [6.07, 6.45) is 10.1. The molecule has 1 atom stereocenters. The standard InChI is InChI=1S/C13H13N3O2/c17-11-10(9-5-2-1-3-6-9)12(18)16-8-4-7-14-13(16)15-11/h2,4-5,7-9,17H,1,3,6H2. The van der Waals surface area contributed by atoms with Crippen molar-refractivity contribution in [3.63, 3.8) is 0 Å². The summed E-state index contributed by atoms with van der Waals surface area (Å²) in [6.45, 7) is 0. The van der Waals surface area contributed by atoms with Gasteiger partial charge in [0, 0.05) is 18.3 Å². The highest BCUT2D eigenvalue weighted by atomic mass is 16.3. The normalized spacial score (nSPS) is 19.2. The van der Waals surface area contributed by atoms with E-state index in [1.54, 1.807) is 18.5 Å². The molecule has 1 unspecified atom stereocenters. The highest BCUT2D eigenvalue weighted by molar-refractivity contribution is 5.39. The summed E-state index contributed by atoms with van der Waals surface area (Å²) in [5, 5.41) is 9.94. The van der Waals surface area contributed by atoms with Crippen molar-refractivity contribution >= 4 is 5.78 Å². The molecule has 0 saturated carbocycles. The molecule has 0 aliphatic heterocycles. The fraction of sp³-hybridized carbons (Fsp3) is 0.308. The van der Waals surface area contributed by atoms with Crippen molar-refractivity contribution in [1.82, 2.24) is 14.4 Å². The summed E-state index contributed by atoms with van der Waals surface area (Å²) >= 11 is 0. The van der Waals surface area contributed by atoms with Gasteiger partial charge in [0.05, 0.1) is 5.56 Å². The summed E-state index contributed by atoms with van der Waals surface area (Å²) in [6, 6.07) is 1.67. The van der Waals surface area contributed by atoms with Crippen LogP contribution >= 0.6 is 0 Å². The van der Waals surface area contributed by atoms with Crippen LogP contribution in [-0.2, 0) is 0 Å². The maximum Gasteiger partial charge on any atom is 0.266 e. The van der Waals surface area contributed by atoms with E-state index < -0.39 is 0 Å². The first-order chi connectivity index (χ1) is 8.77. The molecule has 2 aromatic rings. The van der Waals surface area contributed by atoms with Gasteiger partial charge in [-0.2, -0.15) is 4.98 Å². The summed E-state index contributed by atoms with van der Waals surface area (Å²) in [7, 11) is 0. The van der Waals surface area contributed by atoms with E-state index in [0.717, 1.165) is 19.3 Å². The lowest BCUT2D eigenvalue weighted by Crippen LogP contribution is -2.22. The minimum Gasteiger partial charge on any atom is -0.493 e. The van der Waals surface area contributed by atoms with Gasteiger partial charge in [0.25, 0.3) is 5.56 Å². The molecule has 0 fully saturated rings. The van der Waals surface area contributed by atoms with Crippen LogP contribution in [0.1, 0.15) is 30.7 Å². The molecule has 18 heavy (non-hydrogen) atoms. The molecule has 92 valence electrons. The van der Waals surface area contributed by atoms with E-state index in [0.29, 0.717) is 5.56 Å². The third kappa shape index (κ3) is 1.68. The van der Waals surface area contributed by atoms with Gasteiger partial charge in [0.1, 0.15) is 0 Å². The lowest BCUT2D eigenvalue weighted by Gasteiger charge is -2.16. The van der Waals surface area contributed by atoms with Crippen molar-refractivity contribution in [3.8, 4) is 5.88 Å². The van der Waals surface area contributed by atoms with Crippen LogP contribution in [0, 0.1) is 0 Å². The zero-order valence-electron chi connectivity index (χ0n) is 9.78.